The zero-order chi connectivity index (χ0) is 12.4. The van der Waals surface area contributed by atoms with E-state index in [0.29, 0.717) is 6.04 Å². The van der Waals surface area contributed by atoms with E-state index in [9.17, 15) is 0 Å². The fourth-order valence-corrected chi connectivity index (χ4v) is 2.15. The highest BCUT2D eigenvalue weighted by molar-refractivity contribution is 5.27. The minimum Gasteiger partial charge on any atom is -0.497 e. The second-order valence-corrected chi connectivity index (χ2v) is 4.73. The average molecular weight is 243 g/mol. The molecule has 0 unspecified atom stereocenters. The maximum absolute atomic E-state index is 5.15. The molecule has 1 aromatic carbocycles. The summed E-state index contributed by atoms with van der Waals surface area (Å²) in [4.78, 5) is 0. The van der Waals surface area contributed by atoms with Gasteiger partial charge in [-0.15, -0.1) is 10.2 Å². The predicted octanol–water partition coefficient (Wildman–Crippen LogP) is 2.41. The SMILES string of the molecule is COc1ccc(CCc2nncn2C2CC2)cc1. The van der Waals surface area contributed by atoms with Gasteiger partial charge in [0.25, 0.3) is 0 Å². The van der Waals surface area contributed by atoms with Gasteiger partial charge in [0.15, 0.2) is 0 Å². The zero-order valence-corrected chi connectivity index (χ0v) is 10.5. The molecule has 0 aliphatic heterocycles. The summed E-state index contributed by atoms with van der Waals surface area (Å²) in [5, 5.41) is 8.23. The lowest BCUT2D eigenvalue weighted by Crippen LogP contribution is -2.02. The molecule has 1 saturated carbocycles. The van der Waals surface area contributed by atoms with Gasteiger partial charge in [-0.1, -0.05) is 12.1 Å². The summed E-state index contributed by atoms with van der Waals surface area (Å²) >= 11 is 0. The topological polar surface area (TPSA) is 39.9 Å². The minimum atomic E-state index is 0.658. The van der Waals surface area contributed by atoms with Crippen LogP contribution in [0.2, 0.25) is 0 Å². The molecule has 0 saturated heterocycles. The first-order valence-electron chi connectivity index (χ1n) is 6.38. The summed E-state index contributed by atoms with van der Waals surface area (Å²) in [6.45, 7) is 0. The Labute approximate surface area is 107 Å². The lowest BCUT2D eigenvalue weighted by Gasteiger charge is -2.05. The van der Waals surface area contributed by atoms with E-state index in [0.717, 1.165) is 24.4 Å². The second-order valence-electron chi connectivity index (χ2n) is 4.73. The largest absolute Gasteiger partial charge is 0.497 e. The summed E-state index contributed by atoms with van der Waals surface area (Å²) in [7, 11) is 1.69. The number of hydrogen-bond acceptors (Lipinski definition) is 3. The predicted molar refractivity (Wildman–Crippen MR) is 68.7 cm³/mol. The van der Waals surface area contributed by atoms with Crippen molar-refractivity contribution in [2.24, 2.45) is 0 Å². The van der Waals surface area contributed by atoms with Crippen LogP contribution in [0.15, 0.2) is 30.6 Å². The van der Waals surface area contributed by atoms with Crippen molar-refractivity contribution in [2.75, 3.05) is 7.11 Å². The summed E-state index contributed by atoms with van der Waals surface area (Å²) in [5.74, 6) is 2.01. The van der Waals surface area contributed by atoms with Crippen molar-refractivity contribution in [1.29, 1.82) is 0 Å². The summed E-state index contributed by atoms with van der Waals surface area (Å²) in [6.07, 6.45) is 6.35. The lowest BCUT2D eigenvalue weighted by atomic mass is 10.1. The van der Waals surface area contributed by atoms with Gasteiger partial charge in [0.05, 0.1) is 7.11 Å². The Morgan fingerprint density at radius 3 is 2.67 bits per heavy atom. The van der Waals surface area contributed by atoms with E-state index in [2.05, 4.69) is 26.9 Å². The molecule has 1 fully saturated rings. The van der Waals surface area contributed by atoms with Crippen LogP contribution in [0.4, 0.5) is 0 Å². The van der Waals surface area contributed by atoms with Gasteiger partial charge in [0, 0.05) is 12.5 Å². The molecule has 18 heavy (non-hydrogen) atoms. The van der Waals surface area contributed by atoms with Gasteiger partial charge < -0.3 is 9.30 Å². The van der Waals surface area contributed by atoms with Crippen LogP contribution in [-0.2, 0) is 12.8 Å². The number of ether oxygens (including phenoxy) is 1. The van der Waals surface area contributed by atoms with Crippen LogP contribution in [0.25, 0.3) is 0 Å². The third-order valence-electron chi connectivity index (χ3n) is 3.38. The van der Waals surface area contributed by atoms with Gasteiger partial charge in [-0.3, -0.25) is 0 Å². The van der Waals surface area contributed by atoms with E-state index in [1.165, 1.54) is 18.4 Å². The molecule has 94 valence electrons. The number of hydrogen-bond donors (Lipinski definition) is 0. The molecule has 1 aromatic heterocycles. The van der Waals surface area contributed by atoms with Crippen molar-refractivity contribution in [3.05, 3.63) is 42.0 Å². The first-order valence-corrected chi connectivity index (χ1v) is 6.38. The number of benzene rings is 1. The zero-order valence-electron chi connectivity index (χ0n) is 10.5. The summed E-state index contributed by atoms with van der Waals surface area (Å²) in [6, 6.07) is 8.88. The van der Waals surface area contributed by atoms with Crippen molar-refractivity contribution in [3.8, 4) is 5.75 Å². The maximum Gasteiger partial charge on any atom is 0.133 e. The molecule has 0 bridgehead atoms. The van der Waals surface area contributed by atoms with Crippen LogP contribution in [0.1, 0.15) is 30.3 Å². The standard InChI is InChI=1S/C14H17N3O/c1-18-13-7-2-11(3-8-13)4-9-14-16-15-10-17(14)12-5-6-12/h2-3,7-8,10,12H,4-6,9H2,1H3. The van der Waals surface area contributed by atoms with Crippen molar-refractivity contribution >= 4 is 0 Å². The van der Waals surface area contributed by atoms with Crippen molar-refractivity contribution < 1.29 is 4.74 Å². The molecule has 0 atom stereocenters. The quantitative estimate of drug-likeness (QED) is 0.809. The van der Waals surface area contributed by atoms with Gasteiger partial charge in [0.1, 0.15) is 17.9 Å². The molecule has 0 spiro atoms. The molecule has 0 amide bonds. The van der Waals surface area contributed by atoms with Gasteiger partial charge in [0.2, 0.25) is 0 Å². The highest BCUT2D eigenvalue weighted by Gasteiger charge is 2.25. The van der Waals surface area contributed by atoms with E-state index in [-0.39, 0.29) is 0 Å². The Balaban J connectivity index is 1.64. The van der Waals surface area contributed by atoms with E-state index in [1.807, 2.05) is 18.5 Å². The molecular weight excluding hydrogens is 226 g/mol. The number of rotatable bonds is 5. The second kappa shape index (κ2) is 4.80. The maximum atomic E-state index is 5.15. The average Bonchev–Trinajstić information content (AvgIpc) is 3.16. The van der Waals surface area contributed by atoms with Crippen LogP contribution in [0.3, 0.4) is 0 Å². The highest BCUT2D eigenvalue weighted by atomic mass is 16.5. The molecule has 4 nitrogen and oxygen atoms in total. The summed E-state index contributed by atoms with van der Waals surface area (Å²) in [5.41, 5.74) is 1.31. The number of methoxy groups -OCH3 is 1. The Hall–Kier alpha value is -1.84. The third-order valence-corrected chi connectivity index (χ3v) is 3.38. The third kappa shape index (κ3) is 2.37. The first kappa shape index (κ1) is 11.3. The van der Waals surface area contributed by atoms with E-state index in [1.54, 1.807) is 7.11 Å². The number of aromatic nitrogens is 3. The molecular formula is C14H17N3O. The molecule has 1 aliphatic carbocycles. The van der Waals surface area contributed by atoms with Crippen LogP contribution in [0.5, 0.6) is 5.75 Å². The normalized spacial score (nSPS) is 14.7. The van der Waals surface area contributed by atoms with E-state index < -0.39 is 0 Å². The number of aryl methyl sites for hydroxylation is 2. The molecule has 4 heteroatoms. The van der Waals surface area contributed by atoms with Gasteiger partial charge in [-0.05, 0) is 37.0 Å². The van der Waals surface area contributed by atoms with Crippen molar-refractivity contribution in [1.82, 2.24) is 14.8 Å². The molecule has 2 aromatic rings. The lowest BCUT2D eigenvalue weighted by molar-refractivity contribution is 0.414. The van der Waals surface area contributed by atoms with E-state index >= 15 is 0 Å². The molecule has 0 N–H and O–H groups in total. The van der Waals surface area contributed by atoms with E-state index in [4.69, 9.17) is 4.74 Å². The molecule has 3 rings (SSSR count). The first-order chi connectivity index (χ1) is 8.86. The fourth-order valence-electron chi connectivity index (χ4n) is 2.15. The van der Waals surface area contributed by atoms with Gasteiger partial charge in [-0.2, -0.15) is 0 Å². The highest BCUT2D eigenvalue weighted by Crippen LogP contribution is 2.35. The summed E-state index contributed by atoms with van der Waals surface area (Å²) < 4.78 is 7.38. The minimum absolute atomic E-state index is 0.658. The molecule has 1 heterocycles. The Morgan fingerprint density at radius 2 is 2.00 bits per heavy atom. The van der Waals surface area contributed by atoms with Crippen molar-refractivity contribution in [2.45, 2.75) is 31.7 Å². The molecule has 1 aliphatic rings. The van der Waals surface area contributed by atoms with Crippen LogP contribution in [-0.4, -0.2) is 21.9 Å². The monoisotopic (exact) mass is 243 g/mol. The Bertz CT molecular complexity index is 514. The fraction of sp³-hybridized carbons (Fsp3) is 0.429. The molecule has 0 radical (unpaired) electrons. The Kier molecular flexibility index (Phi) is 3.00. The van der Waals surface area contributed by atoms with Gasteiger partial charge >= 0.3 is 0 Å². The van der Waals surface area contributed by atoms with Crippen LogP contribution >= 0.6 is 0 Å². The van der Waals surface area contributed by atoms with Gasteiger partial charge in [-0.25, -0.2) is 0 Å². The van der Waals surface area contributed by atoms with Crippen LogP contribution < -0.4 is 4.74 Å². The van der Waals surface area contributed by atoms with Crippen LogP contribution in [0, 0.1) is 0 Å². The Morgan fingerprint density at radius 1 is 1.22 bits per heavy atom. The number of nitrogens with zero attached hydrogens (tertiary/aromatic N) is 3. The smallest absolute Gasteiger partial charge is 0.133 e. The van der Waals surface area contributed by atoms with Crippen molar-refractivity contribution in [3.63, 3.8) is 0 Å².